The Kier molecular flexibility index (Phi) is 9.54. The van der Waals surface area contributed by atoms with Gasteiger partial charge < -0.3 is 34.9 Å². The number of rotatable bonds is 8. The number of nitrogens with two attached hydrogens (primary N) is 1. The van der Waals surface area contributed by atoms with Gasteiger partial charge in [0.2, 0.25) is 0 Å². The molecule has 0 aliphatic carbocycles. The lowest BCUT2D eigenvalue weighted by molar-refractivity contribution is -0.0332. The van der Waals surface area contributed by atoms with Crippen molar-refractivity contribution in [1.82, 2.24) is 15.1 Å². The molecule has 11 heteroatoms. The zero-order chi connectivity index (χ0) is 27.1. The Bertz CT molecular complexity index is 1120. The quantitative estimate of drug-likeness (QED) is 0.485. The van der Waals surface area contributed by atoms with Gasteiger partial charge in [-0.3, -0.25) is 9.69 Å². The number of anilines is 1. The number of ether oxygens (including phenoxy) is 4. The van der Waals surface area contributed by atoms with Crippen LogP contribution in [0.2, 0.25) is 5.02 Å². The maximum atomic E-state index is 12.8. The molecule has 2 fully saturated rings. The zero-order valence-corrected chi connectivity index (χ0v) is 22.5. The molecule has 2 saturated heterocycles. The van der Waals surface area contributed by atoms with Crippen LogP contribution in [0.1, 0.15) is 23.2 Å². The molecule has 1 atom stereocenters. The first-order valence-corrected chi connectivity index (χ1v) is 13.1. The fourth-order valence-corrected chi connectivity index (χ4v) is 4.98. The molecule has 2 aromatic rings. The second-order valence-electron chi connectivity index (χ2n) is 9.49. The van der Waals surface area contributed by atoms with E-state index in [0.717, 1.165) is 32.5 Å². The van der Waals surface area contributed by atoms with Crippen LogP contribution in [0.5, 0.6) is 17.2 Å². The molecule has 0 bridgehead atoms. The predicted molar refractivity (Wildman–Crippen MR) is 144 cm³/mol. The third kappa shape index (κ3) is 7.00. The topological polar surface area (TPSA) is 116 Å². The minimum Gasteiger partial charge on any atom is -0.496 e. The van der Waals surface area contributed by atoms with Gasteiger partial charge in [-0.05, 0) is 37.0 Å². The van der Waals surface area contributed by atoms with E-state index in [1.807, 2.05) is 12.1 Å². The van der Waals surface area contributed by atoms with E-state index in [-0.39, 0.29) is 18.1 Å². The first-order chi connectivity index (χ1) is 18.4. The van der Waals surface area contributed by atoms with Crippen LogP contribution in [0.3, 0.4) is 0 Å². The highest BCUT2D eigenvalue weighted by Crippen LogP contribution is 2.29. The number of carbonyl (C=O) groups excluding carboxylic acids is 2. The van der Waals surface area contributed by atoms with Gasteiger partial charge in [0.15, 0.2) is 11.5 Å². The van der Waals surface area contributed by atoms with Crippen molar-refractivity contribution in [3.05, 3.63) is 47.0 Å². The van der Waals surface area contributed by atoms with Crippen LogP contribution in [0.25, 0.3) is 0 Å². The Morgan fingerprint density at radius 3 is 2.50 bits per heavy atom. The van der Waals surface area contributed by atoms with Gasteiger partial charge in [0.25, 0.3) is 5.91 Å². The van der Waals surface area contributed by atoms with Crippen molar-refractivity contribution in [2.24, 2.45) is 5.92 Å². The Labute approximate surface area is 227 Å². The van der Waals surface area contributed by atoms with E-state index in [4.69, 9.17) is 36.3 Å². The Balaban J connectivity index is 1.21. The highest BCUT2D eigenvalue weighted by molar-refractivity contribution is 6.33. The summed E-state index contributed by atoms with van der Waals surface area (Å²) >= 11 is 6.10. The van der Waals surface area contributed by atoms with Gasteiger partial charge in [0, 0.05) is 45.3 Å². The van der Waals surface area contributed by atoms with E-state index in [1.54, 1.807) is 30.2 Å². The number of carbonyl (C=O) groups is 2. The first-order valence-electron chi connectivity index (χ1n) is 12.7. The molecule has 0 radical (unpaired) electrons. The van der Waals surface area contributed by atoms with Gasteiger partial charge in [-0.15, -0.1) is 0 Å². The maximum Gasteiger partial charge on any atom is 0.415 e. The number of nitrogens with zero attached hydrogens (tertiary/aromatic N) is 2. The average Bonchev–Trinajstić information content (AvgIpc) is 2.93. The number of piperidine rings is 1. The SMILES string of the molecule is COc1ccccc1OC(=O)N1CCC(CN2CCOC(CNC(=O)c3cc(Cl)c(N)cc3OC)C2)CC1. The van der Waals surface area contributed by atoms with Crippen molar-refractivity contribution < 1.29 is 28.5 Å². The molecule has 0 saturated carbocycles. The Morgan fingerprint density at radius 1 is 1.08 bits per heavy atom. The summed E-state index contributed by atoms with van der Waals surface area (Å²) in [5.41, 5.74) is 6.49. The molecule has 2 aliphatic rings. The molecule has 10 nitrogen and oxygen atoms in total. The summed E-state index contributed by atoms with van der Waals surface area (Å²) in [7, 11) is 3.03. The van der Waals surface area contributed by atoms with Crippen molar-refractivity contribution in [3.63, 3.8) is 0 Å². The molecule has 4 rings (SSSR count). The molecule has 206 valence electrons. The summed E-state index contributed by atoms with van der Waals surface area (Å²) in [6, 6.07) is 10.2. The van der Waals surface area contributed by atoms with Crippen LogP contribution >= 0.6 is 11.6 Å². The number of amides is 2. The van der Waals surface area contributed by atoms with Gasteiger partial charge in [0.05, 0.1) is 43.2 Å². The van der Waals surface area contributed by atoms with E-state index in [9.17, 15) is 9.59 Å². The summed E-state index contributed by atoms with van der Waals surface area (Å²) in [4.78, 5) is 29.5. The maximum absolute atomic E-state index is 12.8. The number of benzene rings is 2. The normalized spacial score (nSPS) is 18.6. The van der Waals surface area contributed by atoms with Gasteiger partial charge in [-0.2, -0.15) is 0 Å². The number of morpholine rings is 1. The van der Waals surface area contributed by atoms with Crippen LogP contribution in [0, 0.1) is 5.92 Å². The monoisotopic (exact) mass is 546 g/mol. The fourth-order valence-electron chi connectivity index (χ4n) is 4.81. The van der Waals surface area contributed by atoms with E-state index in [2.05, 4.69) is 10.2 Å². The number of nitrogens with one attached hydrogen (secondary N) is 1. The number of hydrogen-bond acceptors (Lipinski definition) is 8. The second-order valence-corrected chi connectivity index (χ2v) is 9.89. The van der Waals surface area contributed by atoms with Gasteiger partial charge in [-0.25, -0.2) is 4.79 Å². The molecule has 2 heterocycles. The van der Waals surface area contributed by atoms with Crippen LogP contribution < -0.4 is 25.3 Å². The Hall–Kier alpha value is -3.21. The van der Waals surface area contributed by atoms with Crippen molar-refractivity contribution in [1.29, 1.82) is 0 Å². The molecule has 0 spiro atoms. The van der Waals surface area contributed by atoms with Gasteiger partial charge in [0.1, 0.15) is 5.75 Å². The van der Waals surface area contributed by atoms with Crippen LogP contribution in [-0.2, 0) is 4.74 Å². The van der Waals surface area contributed by atoms with Gasteiger partial charge in [-0.1, -0.05) is 23.7 Å². The first kappa shape index (κ1) is 27.8. The minimum atomic E-state index is -0.353. The highest BCUT2D eigenvalue weighted by Gasteiger charge is 2.28. The van der Waals surface area contributed by atoms with Crippen LogP contribution in [0.4, 0.5) is 10.5 Å². The molecule has 1 unspecified atom stereocenters. The molecule has 0 aromatic heterocycles. The predicted octanol–water partition coefficient (Wildman–Crippen LogP) is 3.28. The van der Waals surface area contributed by atoms with Gasteiger partial charge >= 0.3 is 6.09 Å². The smallest absolute Gasteiger partial charge is 0.415 e. The third-order valence-electron chi connectivity index (χ3n) is 6.93. The van der Waals surface area contributed by atoms with E-state index >= 15 is 0 Å². The van der Waals surface area contributed by atoms with Crippen LogP contribution in [-0.4, -0.2) is 88.0 Å². The van der Waals surface area contributed by atoms with Crippen molar-refractivity contribution in [3.8, 4) is 17.2 Å². The van der Waals surface area contributed by atoms with Crippen molar-refractivity contribution >= 4 is 29.3 Å². The molecule has 2 aromatic carbocycles. The van der Waals surface area contributed by atoms with Crippen LogP contribution in [0.15, 0.2) is 36.4 Å². The number of methoxy groups -OCH3 is 2. The lowest BCUT2D eigenvalue weighted by Gasteiger charge is -2.38. The number of halogens is 1. The molecule has 2 aliphatic heterocycles. The minimum absolute atomic E-state index is 0.126. The molecule has 38 heavy (non-hydrogen) atoms. The summed E-state index contributed by atoms with van der Waals surface area (Å²) in [6.07, 6.45) is 1.32. The zero-order valence-electron chi connectivity index (χ0n) is 21.8. The van der Waals surface area contributed by atoms with E-state index < -0.39 is 0 Å². The lowest BCUT2D eigenvalue weighted by Crippen LogP contribution is -2.50. The lowest BCUT2D eigenvalue weighted by atomic mass is 9.96. The van der Waals surface area contributed by atoms with Crippen molar-refractivity contribution in [2.75, 3.05) is 65.8 Å². The second kappa shape index (κ2) is 13.0. The highest BCUT2D eigenvalue weighted by atomic mass is 35.5. The molecule has 3 N–H and O–H groups in total. The standard InChI is InChI=1S/C27H35ClN4O6/c1-35-23-5-3-4-6-24(23)38-27(34)32-9-7-18(8-10-32)16-31-11-12-37-19(17-31)15-30-26(33)20-13-21(28)22(29)14-25(20)36-2/h3-6,13-14,18-19H,7-12,15-17,29H2,1-2H3,(H,30,33). The molecular formula is C27H35ClN4O6. The number of nitrogen functional groups attached to an aromatic ring is 1. The number of para-hydroxylation sites is 2. The summed E-state index contributed by atoms with van der Waals surface area (Å²) in [5.74, 6) is 1.50. The number of likely N-dealkylation sites (tertiary alicyclic amines) is 1. The third-order valence-corrected chi connectivity index (χ3v) is 7.26. The summed E-state index contributed by atoms with van der Waals surface area (Å²) < 4.78 is 22.0. The summed E-state index contributed by atoms with van der Waals surface area (Å²) in [6.45, 7) is 4.74. The van der Waals surface area contributed by atoms with E-state index in [1.165, 1.54) is 13.2 Å². The number of hydrogen-bond donors (Lipinski definition) is 2. The fraction of sp³-hybridized carbons (Fsp3) is 0.481. The molecular weight excluding hydrogens is 512 g/mol. The van der Waals surface area contributed by atoms with E-state index in [0.29, 0.717) is 65.7 Å². The Morgan fingerprint density at radius 2 is 1.79 bits per heavy atom. The average molecular weight is 547 g/mol. The summed E-state index contributed by atoms with van der Waals surface area (Å²) in [5, 5.41) is 3.22. The largest absolute Gasteiger partial charge is 0.496 e. The van der Waals surface area contributed by atoms with Crippen molar-refractivity contribution in [2.45, 2.75) is 18.9 Å². The molecule has 2 amide bonds.